The number of piperidine rings is 1. The molecule has 0 spiro atoms. The van der Waals surface area contributed by atoms with Crippen molar-refractivity contribution >= 4 is 28.2 Å². The minimum absolute atomic E-state index is 0.0910. The van der Waals surface area contributed by atoms with Crippen LogP contribution in [0.1, 0.15) is 48.7 Å². The molecule has 0 aromatic carbocycles. The predicted octanol–water partition coefficient (Wildman–Crippen LogP) is 2.25. The Bertz CT molecular complexity index is 426. The van der Waals surface area contributed by atoms with E-state index in [0.29, 0.717) is 17.2 Å². The van der Waals surface area contributed by atoms with Crippen LogP contribution < -0.4 is 16.0 Å². The van der Waals surface area contributed by atoms with Gasteiger partial charge in [-0.1, -0.05) is 24.7 Å². The predicted molar refractivity (Wildman–Crippen MR) is 79.8 cm³/mol. The van der Waals surface area contributed by atoms with Crippen molar-refractivity contribution in [2.45, 2.75) is 39.0 Å². The maximum Gasteiger partial charge on any atom is 0.265 e. The van der Waals surface area contributed by atoms with Crippen LogP contribution in [0.15, 0.2) is 0 Å². The minimum Gasteiger partial charge on any atom is -0.382 e. The van der Waals surface area contributed by atoms with E-state index in [1.165, 1.54) is 30.6 Å². The number of carbonyl (C=O) groups excluding carboxylic acids is 1. The average Bonchev–Trinajstić information content (AvgIpc) is 2.82. The number of anilines is 2. The number of hydrogen-bond acceptors (Lipinski definition) is 5. The number of rotatable bonds is 5. The summed E-state index contributed by atoms with van der Waals surface area (Å²) in [7, 11) is 0. The first-order valence-corrected chi connectivity index (χ1v) is 7.83. The number of thiazole rings is 1. The summed E-state index contributed by atoms with van der Waals surface area (Å²) < 4.78 is 0. The van der Waals surface area contributed by atoms with Gasteiger partial charge >= 0.3 is 0 Å². The summed E-state index contributed by atoms with van der Waals surface area (Å²) in [5.41, 5.74) is 5.86. The Morgan fingerprint density at radius 2 is 2.16 bits per heavy atom. The lowest BCUT2D eigenvalue weighted by Gasteiger charge is -2.25. The van der Waals surface area contributed by atoms with Crippen molar-refractivity contribution in [2.75, 3.05) is 30.3 Å². The molecule has 0 saturated carbocycles. The third-order valence-corrected chi connectivity index (χ3v) is 4.42. The van der Waals surface area contributed by atoms with Gasteiger partial charge in [-0.3, -0.25) is 4.79 Å². The molecule has 1 amide bonds. The van der Waals surface area contributed by atoms with Gasteiger partial charge in [0, 0.05) is 19.6 Å². The van der Waals surface area contributed by atoms with Crippen molar-refractivity contribution in [1.82, 2.24) is 10.3 Å². The zero-order chi connectivity index (χ0) is 13.7. The standard InChI is InChI=1S/C13H22N4OS/c1-2-3-7-15-12(18)10-11(14)16-13(19-10)17-8-5-4-6-9-17/h2-9,14H2,1H3,(H,15,18). The molecule has 1 aromatic heterocycles. The maximum atomic E-state index is 12.0. The summed E-state index contributed by atoms with van der Waals surface area (Å²) in [6.07, 6.45) is 5.72. The highest BCUT2D eigenvalue weighted by Crippen LogP contribution is 2.29. The molecule has 19 heavy (non-hydrogen) atoms. The highest BCUT2D eigenvalue weighted by molar-refractivity contribution is 7.18. The molecule has 6 heteroatoms. The van der Waals surface area contributed by atoms with Gasteiger partial charge in [0.2, 0.25) is 0 Å². The molecule has 0 unspecified atom stereocenters. The van der Waals surface area contributed by atoms with Gasteiger partial charge in [-0.25, -0.2) is 4.98 Å². The van der Waals surface area contributed by atoms with Crippen molar-refractivity contribution in [2.24, 2.45) is 0 Å². The van der Waals surface area contributed by atoms with Crippen LogP contribution in [0.3, 0.4) is 0 Å². The molecule has 0 aliphatic carbocycles. The quantitative estimate of drug-likeness (QED) is 0.813. The summed E-state index contributed by atoms with van der Waals surface area (Å²) in [4.78, 5) is 19.1. The Morgan fingerprint density at radius 3 is 2.84 bits per heavy atom. The van der Waals surface area contributed by atoms with Crippen molar-refractivity contribution in [3.05, 3.63) is 4.88 Å². The summed E-state index contributed by atoms with van der Waals surface area (Å²) >= 11 is 1.41. The lowest BCUT2D eigenvalue weighted by atomic mass is 10.1. The first-order chi connectivity index (χ1) is 9.22. The van der Waals surface area contributed by atoms with Gasteiger partial charge in [-0.05, 0) is 25.7 Å². The van der Waals surface area contributed by atoms with Crippen LogP contribution in [-0.4, -0.2) is 30.5 Å². The number of aromatic nitrogens is 1. The van der Waals surface area contributed by atoms with Gasteiger partial charge in [0.25, 0.3) is 5.91 Å². The smallest absolute Gasteiger partial charge is 0.265 e. The van der Waals surface area contributed by atoms with Gasteiger partial charge in [-0.15, -0.1) is 0 Å². The molecule has 5 nitrogen and oxygen atoms in total. The van der Waals surface area contributed by atoms with E-state index in [2.05, 4.69) is 22.1 Å². The Kier molecular flexibility index (Phi) is 5.01. The Hall–Kier alpha value is -1.30. The van der Waals surface area contributed by atoms with Crippen molar-refractivity contribution in [1.29, 1.82) is 0 Å². The van der Waals surface area contributed by atoms with Gasteiger partial charge in [-0.2, -0.15) is 0 Å². The fourth-order valence-electron chi connectivity index (χ4n) is 2.16. The first kappa shape index (κ1) is 14.1. The molecule has 0 radical (unpaired) electrons. The third kappa shape index (κ3) is 3.59. The summed E-state index contributed by atoms with van der Waals surface area (Å²) in [6, 6.07) is 0. The van der Waals surface area contributed by atoms with Gasteiger partial charge < -0.3 is 16.0 Å². The summed E-state index contributed by atoms with van der Waals surface area (Å²) in [6.45, 7) is 4.83. The Morgan fingerprint density at radius 1 is 1.42 bits per heavy atom. The minimum atomic E-state index is -0.0910. The molecule has 1 saturated heterocycles. The van der Waals surface area contributed by atoms with Crippen LogP contribution in [0.4, 0.5) is 10.9 Å². The van der Waals surface area contributed by atoms with E-state index in [4.69, 9.17) is 5.73 Å². The number of unbranched alkanes of at least 4 members (excludes halogenated alkanes) is 1. The third-order valence-electron chi connectivity index (χ3n) is 3.29. The van der Waals surface area contributed by atoms with E-state index < -0.39 is 0 Å². The van der Waals surface area contributed by atoms with Crippen LogP contribution >= 0.6 is 11.3 Å². The highest BCUT2D eigenvalue weighted by Gasteiger charge is 2.20. The zero-order valence-corrected chi connectivity index (χ0v) is 12.3. The molecule has 2 heterocycles. The van der Waals surface area contributed by atoms with Crippen LogP contribution in [0, 0.1) is 0 Å². The van der Waals surface area contributed by atoms with Crippen molar-refractivity contribution < 1.29 is 4.79 Å². The van der Waals surface area contributed by atoms with E-state index in [1.54, 1.807) is 0 Å². The SMILES string of the molecule is CCCCNC(=O)c1sc(N2CCCCC2)nc1N. The number of hydrogen-bond donors (Lipinski definition) is 2. The van der Waals surface area contributed by atoms with Gasteiger partial charge in [0.15, 0.2) is 5.13 Å². The number of nitrogens with two attached hydrogens (primary N) is 1. The molecular formula is C13H22N4OS. The van der Waals surface area contributed by atoms with Crippen molar-refractivity contribution in [3.8, 4) is 0 Å². The van der Waals surface area contributed by atoms with E-state index in [0.717, 1.165) is 31.1 Å². The maximum absolute atomic E-state index is 12.0. The summed E-state index contributed by atoms with van der Waals surface area (Å²) in [5, 5.41) is 3.78. The number of carbonyl (C=O) groups is 1. The van der Waals surface area contributed by atoms with Crippen LogP contribution in [0.5, 0.6) is 0 Å². The van der Waals surface area contributed by atoms with Crippen LogP contribution in [0.25, 0.3) is 0 Å². The largest absolute Gasteiger partial charge is 0.382 e. The number of nitrogens with zero attached hydrogens (tertiary/aromatic N) is 2. The fraction of sp³-hybridized carbons (Fsp3) is 0.692. The Labute approximate surface area is 118 Å². The molecule has 1 fully saturated rings. The van der Waals surface area contributed by atoms with E-state index in [9.17, 15) is 4.79 Å². The Balaban J connectivity index is 2.01. The topological polar surface area (TPSA) is 71.2 Å². The molecule has 1 aromatic rings. The lowest BCUT2D eigenvalue weighted by Crippen LogP contribution is -2.29. The van der Waals surface area contributed by atoms with Crippen molar-refractivity contribution in [3.63, 3.8) is 0 Å². The zero-order valence-electron chi connectivity index (χ0n) is 11.4. The molecule has 0 atom stereocenters. The van der Waals surface area contributed by atoms with Gasteiger partial charge in [0.1, 0.15) is 10.7 Å². The van der Waals surface area contributed by atoms with E-state index in [1.807, 2.05) is 0 Å². The van der Waals surface area contributed by atoms with Crippen LogP contribution in [-0.2, 0) is 0 Å². The second kappa shape index (κ2) is 6.75. The number of amides is 1. The molecule has 1 aliphatic rings. The average molecular weight is 282 g/mol. The van der Waals surface area contributed by atoms with Gasteiger partial charge in [0.05, 0.1) is 0 Å². The summed E-state index contributed by atoms with van der Waals surface area (Å²) in [5.74, 6) is 0.270. The lowest BCUT2D eigenvalue weighted by molar-refractivity contribution is 0.0958. The fourth-order valence-corrected chi connectivity index (χ4v) is 3.12. The second-order valence-corrected chi connectivity index (χ2v) is 5.85. The van der Waals surface area contributed by atoms with E-state index >= 15 is 0 Å². The number of nitrogen functional groups attached to an aromatic ring is 1. The normalized spacial score (nSPS) is 15.5. The molecule has 0 bridgehead atoms. The van der Waals surface area contributed by atoms with Crippen LogP contribution in [0.2, 0.25) is 0 Å². The highest BCUT2D eigenvalue weighted by atomic mass is 32.1. The second-order valence-electron chi connectivity index (χ2n) is 4.87. The first-order valence-electron chi connectivity index (χ1n) is 7.01. The molecule has 2 rings (SSSR count). The monoisotopic (exact) mass is 282 g/mol. The van der Waals surface area contributed by atoms with E-state index in [-0.39, 0.29) is 5.91 Å². The molecule has 3 N–H and O–H groups in total. The number of nitrogens with one attached hydrogen (secondary N) is 1. The molecule has 1 aliphatic heterocycles. The molecule has 106 valence electrons. The molecular weight excluding hydrogens is 260 g/mol.